The molecule has 0 aromatic carbocycles. The first-order chi connectivity index (χ1) is 9.91. The van der Waals surface area contributed by atoms with Crippen molar-refractivity contribution in [3.05, 3.63) is 0 Å². The maximum atomic E-state index is 12.6. The van der Waals surface area contributed by atoms with E-state index in [1.165, 1.54) is 4.90 Å². The van der Waals surface area contributed by atoms with Crippen LogP contribution in [0.4, 0.5) is 4.79 Å². The van der Waals surface area contributed by atoms with Crippen molar-refractivity contribution in [2.45, 2.75) is 38.0 Å². The van der Waals surface area contributed by atoms with Crippen LogP contribution in [0.25, 0.3) is 0 Å². The van der Waals surface area contributed by atoms with Crippen molar-refractivity contribution < 1.29 is 24.2 Å². The smallest absolute Gasteiger partial charge is 0.320 e. The number of aliphatic carboxylic acids is 1. The predicted molar refractivity (Wildman–Crippen MR) is 72.7 cm³/mol. The highest BCUT2D eigenvalue weighted by Crippen LogP contribution is 2.21. The monoisotopic (exact) mass is 299 g/mol. The SMILES string of the molecule is CC1OCCC1N(C)C(=O)N1CCNC(=O)C1CC(=O)O. The Morgan fingerprint density at radius 2 is 2.24 bits per heavy atom. The summed E-state index contributed by atoms with van der Waals surface area (Å²) in [5.74, 6) is -1.52. The molecule has 2 aliphatic rings. The number of rotatable bonds is 3. The van der Waals surface area contributed by atoms with Crippen LogP contribution in [0.1, 0.15) is 19.8 Å². The van der Waals surface area contributed by atoms with E-state index in [0.717, 1.165) is 6.42 Å². The molecule has 0 radical (unpaired) electrons. The van der Waals surface area contributed by atoms with Gasteiger partial charge < -0.3 is 25.0 Å². The molecule has 3 unspecified atom stereocenters. The predicted octanol–water partition coefficient (Wildman–Crippen LogP) is -0.509. The average molecular weight is 299 g/mol. The molecule has 0 saturated carbocycles. The molecule has 2 saturated heterocycles. The zero-order valence-electron chi connectivity index (χ0n) is 12.2. The number of hydrogen-bond donors (Lipinski definition) is 2. The lowest BCUT2D eigenvalue weighted by Crippen LogP contribution is -2.61. The Balaban J connectivity index is 2.10. The van der Waals surface area contributed by atoms with Crippen LogP contribution in [0.5, 0.6) is 0 Å². The molecule has 3 amide bonds. The number of amides is 3. The highest BCUT2D eigenvalue weighted by molar-refractivity contribution is 5.91. The van der Waals surface area contributed by atoms with E-state index in [1.54, 1.807) is 11.9 Å². The lowest BCUT2D eigenvalue weighted by atomic mass is 10.1. The Morgan fingerprint density at radius 1 is 1.52 bits per heavy atom. The fourth-order valence-electron chi connectivity index (χ4n) is 2.89. The molecule has 2 heterocycles. The number of nitrogens with one attached hydrogen (secondary N) is 1. The van der Waals surface area contributed by atoms with Crippen molar-refractivity contribution in [1.29, 1.82) is 0 Å². The van der Waals surface area contributed by atoms with Gasteiger partial charge in [-0.05, 0) is 13.3 Å². The Labute approximate surface area is 123 Å². The first kappa shape index (κ1) is 15.6. The van der Waals surface area contributed by atoms with Gasteiger partial charge >= 0.3 is 12.0 Å². The summed E-state index contributed by atoms with van der Waals surface area (Å²) in [6.07, 6.45) is 0.297. The average Bonchev–Trinajstić information content (AvgIpc) is 2.85. The lowest BCUT2D eigenvalue weighted by molar-refractivity contribution is -0.142. The van der Waals surface area contributed by atoms with Crippen LogP contribution >= 0.6 is 0 Å². The number of carbonyl (C=O) groups is 3. The minimum atomic E-state index is -1.10. The Morgan fingerprint density at radius 3 is 2.81 bits per heavy atom. The number of ether oxygens (including phenoxy) is 1. The first-order valence-corrected chi connectivity index (χ1v) is 7.06. The molecular formula is C13H21N3O5. The number of hydrogen-bond acceptors (Lipinski definition) is 4. The normalized spacial score (nSPS) is 29.1. The lowest BCUT2D eigenvalue weighted by Gasteiger charge is -2.38. The summed E-state index contributed by atoms with van der Waals surface area (Å²) < 4.78 is 5.45. The minimum absolute atomic E-state index is 0.0482. The second-order valence-corrected chi connectivity index (χ2v) is 5.42. The van der Waals surface area contributed by atoms with Gasteiger partial charge in [0.15, 0.2) is 0 Å². The fourth-order valence-corrected chi connectivity index (χ4v) is 2.89. The van der Waals surface area contributed by atoms with Gasteiger partial charge in [0, 0.05) is 26.7 Å². The van der Waals surface area contributed by atoms with Gasteiger partial charge in [0.2, 0.25) is 5.91 Å². The van der Waals surface area contributed by atoms with Gasteiger partial charge in [-0.2, -0.15) is 0 Å². The summed E-state index contributed by atoms with van der Waals surface area (Å²) >= 11 is 0. The van der Waals surface area contributed by atoms with Crippen molar-refractivity contribution in [2.75, 3.05) is 26.7 Å². The Hall–Kier alpha value is -1.83. The van der Waals surface area contributed by atoms with Crippen LogP contribution in [0.3, 0.4) is 0 Å². The molecule has 0 aromatic heterocycles. The maximum absolute atomic E-state index is 12.6. The number of nitrogens with zero attached hydrogens (tertiary/aromatic N) is 2. The van der Waals surface area contributed by atoms with Crippen molar-refractivity contribution in [3.63, 3.8) is 0 Å². The largest absolute Gasteiger partial charge is 0.481 e. The van der Waals surface area contributed by atoms with Gasteiger partial charge in [-0.3, -0.25) is 9.59 Å². The molecule has 0 aliphatic carbocycles. The van der Waals surface area contributed by atoms with Crippen LogP contribution in [0.15, 0.2) is 0 Å². The van der Waals surface area contributed by atoms with Crippen molar-refractivity contribution in [1.82, 2.24) is 15.1 Å². The van der Waals surface area contributed by atoms with Crippen LogP contribution in [0.2, 0.25) is 0 Å². The molecule has 2 rings (SSSR count). The Bertz CT molecular complexity index is 442. The molecule has 2 N–H and O–H groups in total. The highest BCUT2D eigenvalue weighted by Gasteiger charge is 2.39. The first-order valence-electron chi connectivity index (χ1n) is 7.06. The van der Waals surface area contributed by atoms with E-state index in [2.05, 4.69) is 5.32 Å². The summed E-state index contributed by atoms with van der Waals surface area (Å²) in [4.78, 5) is 38.2. The molecule has 8 heteroatoms. The maximum Gasteiger partial charge on any atom is 0.320 e. The van der Waals surface area contributed by atoms with E-state index >= 15 is 0 Å². The molecule has 8 nitrogen and oxygen atoms in total. The van der Waals surface area contributed by atoms with Gasteiger partial charge in [-0.15, -0.1) is 0 Å². The van der Waals surface area contributed by atoms with Gasteiger partial charge in [-0.1, -0.05) is 0 Å². The van der Waals surface area contributed by atoms with Crippen molar-refractivity contribution >= 4 is 17.9 Å². The topological polar surface area (TPSA) is 99.2 Å². The van der Waals surface area contributed by atoms with Gasteiger partial charge in [-0.25, -0.2) is 4.79 Å². The molecule has 2 fully saturated rings. The fraction of sp³-hybridized carbons (Fsp3) is 0.769. The molecule has 0 aromatic rings. The number of carboxylic acid groups (broad SMARTS) is 1. The van der Waals surface area contributed by atoms with E-state index in [-0.39, 0.29) is 24.6 Å². The van der Waals surface area contributed by atoms with E-state index in [4.69, 9.17) is 9.84 Å². The van der Waals surface area contributed by atoms with Crippen LogP contribution < -0.4 is 5.32 Å². The second kappa shape index (κ2) is 6.30. The van der Waals surface area contributed by atoms with E-state index < -0.39 is 17.9 Å². The van der Waals surface area contributed by atoms with Crippen LogP contribution in [-0.2, 0) is 14.3 Å². The molecule has 3 atom stereocenters. The van der Waals surface area contributed by atoms with Crippen LogP contribution in [0, 0.1) is 0 Å². The molecule has 0 bridgehead atoms. The third-order valence-corrected chi connectivity index (χ3v) is 4.08. The quantitative estimate of drug-likeness (QED) is 0.731. The van der Waals surface area contributed by atoms with Gasteiger partial charge in [0.25, 0.3) is 0 Å². The number of piperazine rings is 1. The Kier molecular flexibility index (Phi) is 4.66. The summed E-state index contributed by atoms with van der Waals surface area (Å²) in [5.41, 5.74) is 0. The number of likely N-dealkylation sites (N-methyl/N-ethyl adjacent to an activating group) is 1. The van der Waals surface area contributed by atoms with Crippen LogP contribution in [-0.4, -0.2) is 77.7 Å². The molecule has 2 aliphatic heterocycles. The summed E-state index contributed by atoms with van der Waals surface area (Å²) in [7, 11) is 1.67. The summed E-state index contributed by atoms with van der Waals surface area (Å²) in [6.45, 7) is 3.15. The van der Waals surface area contributed by atoms with Gasteiger partial charge in [0.1, 0.15) is 6.04 Å². The highest BCUT2D eigenvalue weighted by atomic mass is 16.5. The van der Waals surface area contributed by atoms with E-state index in [0.29, 0.717) is 19.7 Å². The molecular weight excluding hydrogens is 278 g/mol. The molecule has 0 spiro atoms. The van der Waals surface area contributed by atoms with E-state index in [9.17, 15) is 14.4 Å². The summed E-state index contributed by atoms with van der Waals surface area (Å²) in [6, 6.07) is -1.32. The number of urea groups is 1. The standard InChI is InChI=1S/C13H21N3O5/c1-8-9(3-6-21-8)15(2)13(20)16-5-4-14-12(19)10(16)7-11(17)18/h8-10H,3-7H2,1-2H3,(H,14,19)(H,17,18). The van der Waals surface area contributed by atoms with E-state index in [1.807, 2.05) is 6.92 Å². The minimum Gasteiger partial charge on any atom is -0.481 e. The zero-order chi connectivity index (χ0) is 15.6. The zero-order valence-corrected chi connectivity index (χ0v) is 12.2. The van der Waals surface area contributed by atoms with Crippen molar-refractivity contribution in [2.24, 2.45) is 0 Å². The summed E-state index contributed by atoms with van der Waals surface area (Å²) in [5, 5.41) is 11.5. The molecule has 21 heavy (non-hydrogen) atoms. The second-order valence-electron chi connectivity index (χ2n) is 5.42. The third-order valence-electron chi connectivity index (χ3n) is 4.08. The number of carbonyl (C=O) groups excluding carboxylic acids is 2. The third kappa shape index (κ3) is 3.26. The van der Waals surface area contributed by atoms with Gasteiger partial charge in [0.05, 0.1) is 18.6 Å². The molecule has 118 valence electrons. The number of carboxylic acids is 1. The van der Waals surface area contributed by atoms with Crippen molar-refractivity contribution in [3.8, 4) is 0 Å².